The summed E-state index contributed by atoms with van der Waals surface area (Å²) in [5.74, 6) is -0.313. The lowest BCUT2D eigenvalue weighted by Gasteiger charge is -2.43. The minimum Gasteiger partial charge on any atom is -0.445 e. The summed E-state index contributed by atoms with van der Waals surface area (Å²) < 4.78 is 26.3. The minimum absolute atomic E-state index is 0.00693. The topological polar surface area (TPSA) is 71.0 Å². The monoisotopic (exact) mass is 526 g/mol. The Hall–Kier alpha value is -1.41. The average Bonchev–Trinajstić information content (AvgIpc) is 2.89. The third-order valence-corrected chi connectivity index (χ3v) is 8.24. The first-order valence-electron chi connectivity index (χ1n) is 13.6. The number of nitrogens with one attached hydrogen (secondary N) is 1. The van der Waals surface area contributed by atoms with Gasteiger partial charge >= 0.3 is 6.09 Å². The molecule has 2 N–H and O–H groups in total. The number of methoxy groups -OCH3 is 1. The van der Waals surface area contributed by atoms with Crippen LogP contribution in [0, 0.1) is 17.7 Å². The SMILES string of the molecule is CNCC(CC1CCCCC1)OC(=O)N1CCCC(C(O)(CCCCOC)c2cccc(Cl)c2F)C1. The van der Waals surface area contributed by atoms with Gasteiger partial charge in [-0.05, 0) is 57.6 Å². The highest BCUT2D eigenvalue weighted by Crippen LogP contribution is 2.42. The lowest BCUT2D eigenvalue weighted by Crippen LogP contribution is -2.49. The summed E-state index contributed by atoms with van der Waals surface area (Å²) in [7, 11) is 3.52. The number of hydrogen-bond acceptors (Lipinski definition) is 5. The summed E-state index contributed by atoms with van der Waals surface area (Å²) in [6.45, 7) is 2.09. The van der Waals surface area contributed by atoms with Gasteiger partial charge in [-0.2, -0.15) is 0 Å². The van der Waals surface area contributed by atoms with Crippen molar-refractivity contribution in [2.75, 3.05) is 40.4 Å². The minimum atomic E-state index is -1.44. The zero-order valence-corrected chi connectivity index (χ0v) is 22.7. The van der Waals surface area contributed by atoms with Gasteiger partial charge in [0.1, 0.15) is 11.9 Å². The van der Waals surface area contributed by atoms with E-state index in [2.05, 4.69) is 5.32 Å². The number of likely N-dealkylation sites (tertiary alicyclic amines) is 1. The van der Waals surface area contributed by atoms with E-state index in [1.54, 1.807) is 24.1 Å². The molecule has 3 rings (SSSR count). The van der Waals surface area contributed by atoms with Gasteiger partial charge in [-0.1, -0.05) is 55.8 Å². The molecule has 3 atom stereocenters. The molecule has 0 aromatic heterocycles. The third kappa shape index (κ3) is 7.80. The molecule has 1 aliphatic heterocycles. The van der Waals surface area contributed by atoms with Crippen molar-refractivity contribution in [3.05, 3.63) is 34.6 Å². The standard InChI is InChI=1S/C28H44ClFN2O4/c1-31-19-23(18-21-10-4-3-5-11-21)36-27(33)32-16-9-12-22(20-32)28(34,15-6-7-17-35-2)24-13-8-14-25(29)26(24)30/h8,13-14,21-23,31,34H,3-7,9-12,15-20H2,1-2H3. The van der Waals surface area contributed by atoms with E-state index < -0.39 is 11.4 Å². The highest BCUT2D eigenvalue weighted by molar-refractivity contribution is 6.30. The normalized spacial score (nSPS) is 21.7. The molecule has 1 amide bonds. The molecule has 0 bridgehead atoms. The molecule has 204 valence electrons. The van der Waals surface area contributed by atoms with E-state index in [9.17, 15) is 9.90 Å². The van der Waals surface area contributed by atoms with Gasteiger partial charge in [-0.25, -0.2) is 9.18 Å². The molecule has 2 aliphatic rings. The number of piperidine rings is 1. The molecule has 0 radical (unpaired) electrons. The summed E-state index contributed by atoms with van der Waals surface area (Å²) in [6, 6.07) is 4.77. The van der Waals surface area contributed by atoms with Crippen molar-refractivity contribution in [3.63, 3.8) is 0 Å². The Balaban J connectivity index is 1.72. The zero-order chi connectivity index (χ0) is 26.0. The Bertz CT molecular complexity index is 823. The first-order chi connectivity index (χ1) is 17.4. The second-order valence-electron chi connectivity index (χ2n) is 10.6. The average molecular weight is 527 g/mol. The Kier molecular flexibility index (Phi) is 11.7. The molecule has 1 aromatic rings. The van der Waals surface area contributed by atoms with Crippen molar-refractivity contribution >= 4 is 17.7 Å². The van der Waals surface area contributed by atoms with E-state index in [1.165, 1.54) is 38.2 Å². The summed E-state index contributed by atoms with van der Waals surface area (Å²) in [6.07, 6.45) is 9.76. The fourth-order valence-electron chi connectivity index (χ4n) is 5.98. The molecule has 1 saturated carbocycles. The Morgan fingerprint density at radius 3 is 2.75 bits per heavy atom. The fourth-order valence-corrected chi connectivity index (χ4v) is 6.16. The molecule has 2 fully saturated rings. The number of rotatable bonds is 12. The maximum atomic E-state index is 15.1. The van der Waals surface area contributed by atoms with Gasteiger partial charge in [0, 0.05) is 44.8 Å². The van der Waals surface area contributed by atoms with Gasteiger partial charge < -0.3 is 24.8 Å². The van der Waals surface area contributed by atoms with Crippen LogP contribution in [-0.2, 0) is 15.1 Å². The summed E-state index contributed by atoms with van der Waals surface area (Å²) >= 11 is 6.09. The molecule has 1 aromatic carbocycles. The first kappa shape index (κ1) is 29.2. The number of unbranched alkanes of at least 4 members (excludes halogenated alkanes) is 1. The molecule has 1 aliphatic carbocycles. The quantitative estimate of drug-likeness (QED) is 0.332. The van der Waals surface area contributed by atoms with Crippen LogP contribution >= 0.6 is 11.6 Å². The highest BCUT2D eigenvalue weighted by Gasteiger charge is 2.43. The van der Waals surface area contributed by atoms with Crippen molar-refractivity contribution in [1.29, 1.82) is 0 Å². The number of hydrogen-bond donors (Lipinski definition) is 2. The van der Waals surface area contributed by atoms with Crippen molar-refractivity contribution in [2.24, 2.45) is 11.8 Å². The molecular formula is C28H44ClFN2O4. The molecule has 36 heavy (non-hydrogen) atoms. The predicted molar refractivity (Wildman–Crippen MR) is 141 cm³/mol. The van der Waals surface area contributed by atoms with E-state index >= 15 is 4.39 Å². The van der Waals surface area contributed by atoms with E-state index in [0.29, 0.717) is 51.4 Å². The Morgan fingerprint density at radius 1 is 1.25 bits per heavy atom. The molecule has 0 spiro atoms. The number of carbonyl (C=O) groups excluding carboxylic acids is 1. The van der Waals surface area contributed by atoms with Gasteiger partial charge in [0.05, 0.1) is 10.6 Å². The third-order valence-electron chi connectivity index (χ3n) is 7.95. The van der Waals surface area contributed by atoms with Crippen LogP contribution in [0.4, 0.5) is 9.18 Å². The van der Waals surface area contributed by atoms with Crippen molar-refractivity contribution < 1.29 is 23.8 Å². The molecule has 8 heteroatoms. The second-order valence-corrected chi connectivity index (χ2v) is 11.0. The van der Waals surface area contributed by atoms with Gasteiger partial charge in [0.15, 0.2) is 0 Å². The van der Waals surface area contributed by atoms with Gasteiger partial charge in [0.25, 0.3) is 0 Å². The lowest BCUT2D eigenvalue weighted by atomic mass is 9.74. The molecule has 6 nitrogen and oxygen atoms in total. The number of amides is 1. The van der Waals surface area contributed by atoms with E-state index in [4.69, 9.17) is 21.1 Å². The van der Waals surface area contributed by atoms with Crippen LogP contribution in [0.25, 0.3) is 0 Å². The van der Waals surface area contributed by atoms with Gasteiger partial charge in [0.2, 0.25) is 0 Å². The largest absolute Gasteiger partial charge is 0.445 e. The first-order valence-corrected chi connectivity index (χ1v) is 14.0. The van der Waals surface area contributed by atoms with Crippen molar-refractivity contribution in [2.45, 2.75) is 82.3 Å². The molecular weight excluding hydrogens is 483 g/mol. The van der Waals surface area contributed by atoms with E-state index in [0.717, 1.165) is 19.3 Å². The fraction of sp³-hybridized carbons (Fsp3) is 0.750. The van der Waals surface area contributed by atoms with E-state index in [-0.39, 0.29) is 28.7 Å². The zero-order valence-electron chi connectivity index (χ0n) is 21.9. The lowest BCUT2D eigenvalue weighted by molar-refractivity contribution is -0.0643. The van der Waals surface area contributed by atoms with Crippen LogP contribution in [0.2, 0.25) is 5.02 Å². The number of carbonyl (C=O) groups is 1. The van der Waals surface area contributed by atoms with Crippen molar-refractivity contribution in [1.82, 2.24) is 10.2 Å². The molecule has 1 saturated heterocycles. The molecule has 3 unspecified atom stereocenters. The number of benzene rings is 1. The summed E-state index contributed by atoms with van der Waals surface area (Å²) in [5, 5.41) is 15.1. The van der Waals surface area contributed by atoms with Crippen molar-refractivity contribution in [3.8, 4) is 0 Å². The van der Waals surface area contributed by atoms with Crippen LogP contribution in [0.5, 0.6) is 0 Å². The number of halogens is 2. The van der Waals surface area contributed by atoms with Crippen LogP contribution < -0.4 is 5.32 Å². The Morgan fingerprint density at radius 2 is 2.03 bits per heavy atom. The smallest absolute Gasteiger partial charge is 0.410 e. The Labute approximate surface area is 220 Å². The maximum Gasteiger partial charge on any atom is 0.410 e. The van der Waals surface area contributed by atoms with Crippen LogP contribution in [-0.4, -0.2) is 62.6 Å². The number of likely N-dealkylation sites (N-methyl/N-ethyl adjacent to an activating group) is 1. The number of nitrogens with zero attached hydrogens (tertiary/aromatic N) is 1. The number of ether oxygens (including phenoxy) is 2. The maximum absolute atomic E-state index is 15.1. The van der Waals surface area contributed by atoms with Gasteiger partial charge in [-0.15, -0.1) is 0 Å². The number of aliphatic hydroxyl groups is 1. The summed E-state index contributed by atoms with van der Waals surface area (Å²) in [4.78, 5) is 14.9. The van der Waals surface area contributed by atoms with Gasteiger partial charge in [-0.3, -0.25) is 0 Å². The van der Waals surface area contributed by atoms with Crippen LogP contribution in [0.15, 0.2) is 18.2 Å². The van der Waals surface area contributed by atoms with Crippen LogP contribution in [0.1, 0.15) is 76.2 Å². The molecule has 1 heterocycles. The predicted octanol–water partition coefficient (Wildman–Crippen LogP) is 5.89. The second kappa shape index (κ2) is 14.5. The van der Waals surface area contributed by atoms with E-state index in [1.807, 2.05) is 7.05 Å². The highest BCUT2D eigenvalue weighted by atomic mass is 35.5. The van der Waals surface area contributed by atoms with Crippen LogP contribution in [0.3, 0.4) is 0 Å². The summed E-state index contributed by atoms with van der Waals surface area (Å²) in [5.41, 5.74) is -1.23.